The first-order valence-corrected chi connectivity index (χ1v) is 8.53. The lowest BCUT2D eigenvalue weighted by atomic mass is 10.2. The molecular formula is C17H20N4OS. The predicted molar refractivity (Wildman–Crippen MR) is 95.5 cm³/mol. The van der Waals surface area contributed by atoms with Gasteiger partial charge in [0.05, 0.1) is 6.54 Å². The third kappa shape index (κ3) is 3.71. The fourth-order valence-corrected chi connectivity index (χ4v) is 2.86. The number of rotatable bonds is 5. The Morgan fingerprint density at radius 2 is 2.26 bits per heavy atom. The lowest BCUT2D eigenvalue weighted by Gasteiger charge is -2.11. The summed E-state index contributed by atoms with van der Waals surface area (Å²) in [5, 5.41) is 7.12. The summed E-state index contributed by atoms with van der Waals surface area (Å²) in [5.41, 5.74) is 7.57. The van der Waals surface area contributed by atoms with Crippen molar-refractivity contribution in [2.24, 2.45) is 10.7 Å². The molecule has 0 saturated heterocycles. The Morgan fingerprint density at radius 3 is 3.04 bits per heavy atom. The number of aromatic nitrogens is 1. The first-order chi connectivity index (χ1) is 11.2. The van der Waals surface area contributed by atoms with Crippen molar-refractivity contribution in [2.75, 3.05) is 0 Å². The second kappa shape index (κ2) is 6.83. The number of para-hydroxylation sites is 1. The topological polar surface area (TPSA) is 76.4 Å². The average Bonchev–Trinajstić information content (AvgIpc) is 3.19. The van der Waals surface area contributed by atoms with Crippen LogP contribution in [0.3, 0.4) is 0 Å². The van der Waals surface area contributed by atoms with E-state index in [0.29, 0.717) is 18.5 Å². The summed E-state index contributed by atoms with van der Waals surface area (Å²) < 4.78 is 5.83. The van der Waals surface area contributed by atoms with Gasteiger partial charge in [0.1, 0.15) is 16.3 Å². The largest absolute Gasteiger partial charge is 0.454 e. The number of hydrogen-bond donors (Lipinski definition) is 2. The summed E-state index contributed by atoms with van der Waals surface area (Å²) in [6.07, 6.45) is 1.00. The zero-order valence-electron chi connectivity index (χ0n) is 13.2. The quantitative estimate of drug-likeness (QED) is 0.552. The van der Waals surface area contributed by atoms with Gasteiger partial charge in [0, 0.05) is 16.8 Å². The van der Waals surface area contributed by atoms with Crippen LogP contribution >= 0.6 is 11.3 Å². The van der Waals surface area contributed by atoms with Crippen molar-refractivity contribution in [3.05, 3.63) is 40.7 Å². The number of benzene rings is 1. The maximum atomic E-state index is 5.86. The van der Waals surface area contributed by atoms with Crippen LogP contribution in [0.25, 0.3) is 22.4 Å². The first-order valence-electron chi connectivity index (χ1n) is 7.65. The minimum Gasteiger partial charge on any atom is -0.454 e. The highest BCUT2D eigenvalue weighted by Crippen LogP contribution is 2.28. The van der Waals surface area contributed by atoms with Crippen molar-refractivity contribution >= 4 is 28.3 Å². The molecule has 120 valence electrons. The van der Waals surface area contributed by atoms with Gasteiger partial charge in [0.15, 0.2) is 11.7 Å². The molecule has 1 aromatic carbocycles. The van der Waals surface area contributed by atoms with Gasteiger partial charge in [-0.1, -0.05) is 25.1 Å². The lowest BCUT2D eigenvalue weighted by molar-refractivity contribution is 0.629. The highest BCUT2D eigenvalue weighted by molar-refractivity contribution is 7.09. The van der Waals surface area contributed by atoms with Gasteiger partial charge >= 0.3 is 0 Å². The van der Waals surface area contributed by atoms with E-state index < -0.39 is 0 Å². The van der Waals surface area contributed by atoms with Crippen LogP contribution in [0, 0.1) is 0 Å². The molecular weight excluding hydrogens is 308 g/mol. The molecule has 0 fully saturated rings. The van der Waals surface area contributed by atoms with Crippen LogP contribution in [0.15, 0.2) is 45.1 Å². The van der Waals surface area contributed by atoms with E-state index in [1.165, 1.54) is 0 Å². The highest BCUT2D eigenvalue weighted by Gasteiger charge is 2.10. The van der Waals surface area contributed by atoms with Crippen LogP contribution < -0.4 is 11.1 Å². The van der Waals surface area contributed by atoms with E-state index in [-0.39, 0.29) is 0 Å². The molecule has 0 spiro atoms. The lowest BCUT2D eigenvalue weighted by Crippen LogP contribution is -2.38. The second-order valence-corrected chi connectivity index (χ2v) is 6.37. The first kappa shape index (κ1) is 15.6. The molecule has 0 saturated carbocycles. The van der Waals surface area contributed by atoms with Crippen LogP contribution in [-0.4, -0.2) is 17.0 Å². The van der Waals surface area contributed by atoms with Gasteiger partial charge in [0.25, 0.3) is 0 Å². The van der Waals surface area contributed by atoms with Crippen molar-refractivity contribution in [3.63, 3.8) is 0 Å². The zero-order chi connectivity index (χ0) is 16.2. The monoisotopic (exact) mass is 328 g/mol. The molecule has 3 N–H and O–H groups in total. The third-order valence-corrected chi connectivity index (χ3v) is 4.45. The molecule has 0 aliphatic carbocycles. The summed E-state index contributed by atoms with van der Waals surface area (Å²) >= 11 is 1.56. The van der Waals surface area contributed by atoms with E-state index in [1.807, 2.05) is 35.7 Å². The number of aliphatic imine (C=N–C) groups is 1. The number of thiazole rings is 1. The molecule has 0 aliphatic rings. The number of guanidine groups is 1. The van der Waals surface area contributed by atoms with Crippen LogP contribution in [0.5, 0.6) is 0 Å². The SMILES string of the molecule is CCC(C)NC(N)=NCc1nc(-c2cc3ccccc3o2)cs1. The van der Waals surface area contributed by atoms with Gasteiger partial charge in [-0.3, -0.25) is 0 Å². The second-order valence-electron chi connectivity index (χ2n) is 5.43. The Balaban J connectivity index is 1.71. The van der Waals surface area contributed by atoms with E-state index in [4.69, 9.17) is 10.2 Å². The van der Waals surface area contributed by atoms with E-state index in [0.717, 1.165) is 33.9 Å². The summed E-state index contributed by atoms with van der Waals surface area (Å²) in [4.78, 5) is 8.91. The number of hydrogen-bond acceptors (Lipinski definition) is 4. The van der Waals surface area contributed by atoms with E-state index in [2.05, 4.69) is 29.1 Å². The van der Waals surface area contributed by atoms with Crippen LogP contribution in [0.4, 0.5) is 0 Å². The fraction of sp³-hybridized carbons (Fsp3) is 0.294. The molecule has 3 aromatic rings. The Hall–Kier alpha value is -2.34. The molecule has 3 rings (SSSR count). The number of fused-ring (bicyclic) bond motifs is 1. The summed E-state index contributed by atoms with van der Waals surface area (Å²) in [7, 11) is 0. The molecule has 1 unspecified atom stereocenters. The smallest absolute Gasteiger partial charge is 0.189 e. The minimum atomic E-state index is 0.321. The van der Waals surface area contributed by atoms with Crippen molar-refractivity contribution in [3.8, 4) is 11.5 Å². The maximum absolute atomic E-state index is 5.86. The van der Waals surface area contributed by atoms with Crippen molar-refractivity contribution in [1.29, 1.82) is 0 Å². The van der Waals surface area contributed by atoms with Gasteiger partial charge in [-0.15, -0.1) is 11.3 Å². The molecule has 0 amide bonds. The normalized spacial score (nSPS) is 13.4. The predicted octanol–water partition coefficient (Wildman–Crippen LogP) is 3.76. The summed E-state index contributed by atoms with van der Waals surface area (Å²) in [6.45, 7) is 4.65. The summed E-state index contributed by atoms with van der Waals surface area (Å²) in [6, 6.07) is 10.3. The van der Waals surface area contributed by atoms with Crippen LogP contribution in [0.1, 0.15) is 25.3 Å². The Bertz CT molecular complexity index is 788. The van der Waals surface area contributed by atoms with Gasteiger partial charge in [-0.2, -0.15) is 0 Å². The van der Waals surface area contributed by atoms with E-state index >= 15 is 0 Å². The highest BCUT2D eigenvalue weighted by atomic mass is 32.1. The van der Waals surface area contributed by atoms with E-state index in [9.17, 15) is 0 Å². The molecule has 5 nitrogen and oxygen atoms in total. The van der Waals surface area contributed by atoms with Gasteiger partial charge in [0.2, 0.25) is 0 Å². The average molecular weight is 328 g/mol. The van der Waals surface area contributed by atoms with Gasteiger partial charge < -0.3 is 15.5 Å². The molecule has 0 aliphatic heterocycles. The number of nitrogens with zero attached hydrogens (tertiary/aromatic N) is 2. The molecule has 1 atom stereocenters. The van der Waals surface area contributed by atoms with Crippen LogP contribution in [-0.2, 0) is 6.54 Å². The Labute approximate surface area is 139 Å². The van der Waals surface area contributed by atoms with Crippen molar-refractivity contribution < 1.29 is 4.42 Å². The molecule has 2 heterocycles. The molecule has 23 heavy (non-hydrogen) atoms. The zero-order valence-corrected chi connectivity index (χ0v) is 14.1. The molecule has 2 aromatic heterocycles. The van der Waals surface area contributed by atoms with E-state index in [1.54, 1.807) is 11.3 Å². The summed E-state index contributed by atoms with van der Waals surface area (Å²) in [5.74, 6) is 1.24. The Morgan fingerprint density at radius 1 is 1.43 bits per heavy atom. The minimum absolute atomic E-state index is 0.321. The van der Waals surface area contributed by atoms with Gasteiger partial charge in [-0.25, -0.2) is 9.98 Å². The molecule has 0 radical (unpaired) electrons. The van der Waals surface area contributed by atoms with Gasteiger partial charge in [-0.05, 0) is 25.5 Å². The third-order valence-electron chi connectivity index (χ3n) is 3.62. The fourth-order valence-electron chi connectivity index (χ4n) is 2.16. The number of furan rings is 1. The van der Waals surface area contributed by atoms with Crippen LogP contribution in [0.2, 0.25) is 0 Å². The molecule has 6 heteroatoms. The van der Waals surface area contributed by atoms with Crippen molar-refractivity contribution in [2.45, 2.75) is 32.9 Å². The Kier molecular flexibility index (Phi) is 4.62. The standard InChI is InChI=1S/C17H20N4OS/c1-3-11(2)20-17(18)19-9-16-21-13(10-23-16)15-8-12-6-4-5-7-14(12)22-15/h4-8,10-11H,3,9H2,1-2H3,(H3,18,19,20). The van der Waals surface area contributed by atoms with Crippen molar-refractivity contribution in [1.82, 2.24) is 10.3 Å². The number of nitrogens with two attached hydrogens (primary N) is 1. The maximum Gasteiger partial charge on any atom is 0.189 e. The molecule has 0 bridgehead atoms. The number of nitrogens with one attached hydrogen (secondary N) is 1.